The second-order valence-electron chi connectivity index (χ2n) is 9.12. The molecule has 36 heavy (non-hydrogen) atoms. The Hall–Kier alpha value is -3.63. The number of carbonyl (C=O) groups excluding carboxylic acids is 1. The monoisotopic (exact) mass is 494 g/mol. The van der Waals surface area contributed by atoms with Gasteiger partial charge in [-0.2, -0.15) is 0 Å². The first-order chi connectivity index (χ1) is 17.6. The average molecular weight is 495 g/mol. The number of aromatic amines is 1. The predicted molar refractivity (Wildman–Crippen MR) is 130 cm³/mol. The lowest BCUT2D eigenvalue weighted by Crippen LogP contribution is -2.49. The topological polar surface area (TPSA) is 107 Å². The molecule has 3 N–H and O–H groups in total. The van der Waals surface area contributed by atoms with Crippen LogP contribution in [0.3, 0.4) is 0 Å². The van der Waals surface area contributed by atoms with E-state index in [4.69, 9.17) is 18.9 Å². The molecule has 6 rings (SSSR count). The van der Waals surface area contributed by atoms with E-state index in [1.807, 2.05) is 6.07 Å². The molecule has 2 aliphatic heterocycles. The number of rotatable bonds is 7. The Morgan fingerprint density at radius 3 is 2.94 bits per heavy atom. The van der Waals surface area contributed by atoms with E-state index in [1.54, 1.807) is 24.5 Å². The number of hydrogen-bond acceptors (Lipinski definition) is 7. The molecule has 0 radical (unpaired) electrons. The molecule has 1 saturated carbocycles. The number of aromatic nitrogens is 2. The summed E-state index contributed by atoms with van der Waals surface area (Å²) in [6.45, 7) is 1.86. The largest absolute Gasteiger partial charge is 0.492 e. The smallest absolute Gasteiger partial charge is 0.255 e. The standard InChI is InChI=1S/C26H27FN4O5/c1-33-25-17(27)3-2-4-19(25)29-24-21-22(15-5-6-18(15)30-26(21)32)31-23(24)16-7-8-28-11-20(16)36-13-14-12-34-9-10-35-14/h2-4,7-8,11,14-15,18,29,31H,5-6,9-10,12-13H2,1H3,(H,30,32)/t14-,15-,18+/m1/s1. The average Bonchev–Trinajstić information content (AvgIpc) is 3.24. The van der Waals surface area contributed by atoms with Crippen LogP contribution in [0.4, 0.5) is 15.8 Å². The third-order valence-electron chi connectivity index (χ3n) is 7.01. The van der Waals surface area contributed by atoms with Crippen LogP contribution in [0.25, 0.3) is 11.3 Å². The molecule has 1 aromatic carbocycles. The lowest BCUT2D eigenvalue weighted by molar-refractivity contribution is -0.101. The number of para-hydroxylation sites is 1. The molecular formula is C26H27FN4O5. The van der Waals surface area contributed by atoms with Gasteiger partial charge in [0.25, 0.3) is 5.91 Å². The third kappa shape index (κ3) is 3.96. The Bertz CT molecular complexity index is 1290. The van der Waals surface area contributed by atoms with Crippen molar-refractivity contribution in [2.24, 2.45) is 0 Å². The second kappa shape index (κ2) is 9.44. The van der Waals surface area contributed by atoms with E-state index in [9.17, 15) is 9.18 Å². The molecule has 9 nitrogen and oxygen atoms in total. The molecule has 4 heterocycles. The number of halogens is 1. The minimum Gasteiger partial charge on any atom is -0.492 e. The molecule has 2 aromatic heterocycles. The van der Waals surface area contributed by atoms with Gasteiger partial charge in [0.05, 0.1) is 55.8 Å². The Labute approximate surface area is 207 Å². The molecule has 188 valence electrons. The van der Waals surface area contributed by atoms with E-state index in [0.717, 1.165) is 24.1 Å². The summed E-state index contributed by atoms with van der Waals surface area (Å²) in [5.74, 6) is 0.123. The summed E-state index contributed by atoms with van der Waals surface area (Å²) in [5.41, 5.74) is 3.71. The van der Waals surface area contributed by atoms with Crippen LogP contribution in [-0.2, 0) is 9.47 Å². The van der Waals surface area contributed by atoms with Gasteiger partial charge in [0.2, 0.25) is 0 Å². The van der Waals surface area contributed by atoms with Crippen molar-refractivity contribution in [3.05, 3.63) is 53.7 Å². The lowest BCUT2D eigenvalue weighted by Gasteiger charge is -2.40. The van der Waals surface area contributed by atoms with Gasteiger partial charge < -0.3 is 34.6 Å². The van der Waals surface area contributed by atoms with Crippen molar-refractivity contribution in [2.75, 3.05) is 38.9 Å². The minimum absolute atomic E-state index is 0.0665. The van der Waals surface area contributed by atoms with E-state index >= 15 is 0 Å². The van der Waals surface area contributed by atoms with Crippen LogP contribution < -0.4 is 20.1 Å². The van der Waals surface area contributed by atoms with Crippen molar-refractivity contribution in [1.82, 2.24) is 15.3 Å². The fourth-order valence-corrected chi connectivity index (χ4v) is 5.09. The number of hydrogen-bond donors (Lipinski definition) is 3. The van der Waals surface area contributed by atoms with Crippen LogP contribution in [0.5, 0.6) is 11.5 Å². The highest BCUT2D eigenvalue weighted by Crippen LogP contribution is 2.48. The van der Waals surface area contributed by atoms with E-state index in [-0.39, 0.29) is 29.7 Å². The van der Waals surface area contributed by atoms with Crippen LogP contribution in [0.2, 0.25) is 0 Å². The Balaban J connectivity index is 1.43. The first kappa shape index (κ1) is 22.8. The number of benzene rings is 1. The number of anilines is 2. The van der Waals surface area contributed by atoms with Crippen LogP contribution in [0, 0.1) is 5.82 Å². The lowest BCUT2D eigenvalue weighted by atomic mass is 9.74. The minimum atomic E-state index is -0.500. The molecule has 1 aliphatic carbocycles. The summed E-state index contributed by atoms with van der Waals surface area (Å²) >= 11 is 0. The zero-order valence-electron chi connectivity index (χ0n) is 19.8. The summed E-state index contributed by atoms with van der Waals surface area (Å²) in [7, 11) is 1.41. The van der Waals surface area contributed by atoms with Crippen LogP contribution in [-0.4, -0.2) is 61.6 Å². The van der Waals surface area contributed by atoms with Gasteiger partial charge in [-0.3, -0.25) is 9.78 Å². The maximum atomic E-state index is 14.5. The fourth-order valence-electron chi connectivity index (χ4n) is 5.09. The highest BCUT2D eigenvalue weighted by Gasteiger charge is 2.43. The maximum absolute atomic E-state index is 14.5. The summed E-state index contributed by atoms with van der Waals surface area (Å²) in [4.78, 5) is 21.0. The van der Waals surface area contributed by atoms with E-state index < -0.39 is 5.82 Å². The first-order valence-corrected chi connectivity index (χ1v) is 12.1. The molecular weight excluding hydrogens is 467 g/mol. The van der Waals surface area contributed by atoms with Gasteiger partial charge in [0.15, 0.2) is 11.6 Å². The van der Waals surface area contributed by atoms with Gasteiger partial charge in [0.1, 0.15) is 18.5 Å². The molecule has 0 bridgehead atoms. The Morgan fingerprint density at radius 1 is 1.25 bits per heavy atom. The zero-order valence-corrected chi connectivity index (χ0v) is 19.8. The number of ether oxygens (including phenoxy) is 4. The number of methoxy groups -OCH3 is 1. The maximum Gasteiger partial charge on any atom is 0.255 e. The number of nitrogens with zero attached hydrogens (tertiary/aromatic N) is 1. The first-order valence-electron chi connectivity index (χ1n) is 12.1. The number of H-pyrrole nitrogens is 1. The normalized spacial score (nSPS) is 22.6. The van der Waals surface area contributed by atoms with Crippen molar-refractivity contribution < 1.29 is 28.1 Å². The van der Waals surface area contributed by atoms with Crippen LogP contribution in [0.15, 0.2) is 36.7 Å². The molecule has 3 atom stereocenters. The van der Waals surface area contributed by atoms with E-state index in [0.29, 0.717) is 54.8 Å². The number of fused-ring (bicyclic) bond motifs is 3. The second-order valence-corrected chi connectivity index (χ2v) is 9.12. The highest BCUT2D eigenvalue weighted by atomic mass is 19.1. The Kier molecular flexibility index (Phi) is 5.98. The van der Waals surface area contributed by atoms with Crippen molar-refractivity contribution in [1.29, 1.82) is 0 Å². The SMILES string of the molecule is COc1c(F)cccc1Nc1c(-c2ccncc2OC[C@H]2COCCO2)[nH]c2c1C(=O)N[C@H]1CC[C@@H]21. The third-order valence-corrected chi connectivity index (χ3v) is 7.01. The van der Waals surface area contributed by atoms with E-state index in [2.05, 4.69) is 20.6 Å². The molecule has 0 unspecified atom stereocenters. The highest BCUT2D eigenvalue weighted by molar-refractivity contribution is 6.07. The number of nitrogens with one attached hydrogen (secondary N) is 3. The van der Waals surface area contributed by atoms with Crippen molar-refractivity contribution in [3.63, 3.8) is 0 Å². The molecule has 1 amide bonds. The predicted octanol–water partition coefficient (Wildman–Crippen LogP) is 3.75. The van der Waals surface area contributed by atoms with E-state index in [1.165, 1.54) is 13.2 Å². The van der Waals surface area contributed by atoms with Crippen LogP contribution in [0.1, 0.15) is 34.8 Å². The number of carbonyl (C=O) groups is 1. The fraction of sp³-hybridized carbons (Fsp3) is 0.385. The van der Waals surface area contributed by atoms with Crippen molar-refractivity contribution in [2.45, 2.75) is 30.9 Å². The van der Waals surface area contributed by atoms with Gasteiger partial charge in [-0.05, 0) is 31.0 Å². The van der Waals surface area contributed by atoms with Gasteiger partial charge >= 0.3 is 0 Å². The van der Waals surface area contributed by atoms with Gasteiger partial charge in [-0.1, -0.05) is 6.07 Å². The number of pyridine rings is 1. The molecule has 1 saturated heterocycles. The van der Waals surface area contributed by atoms with Crippen LogP contribution >= 0.6 is 0 Å². The van der Waals surface area contributed by atoms with Gasteiger partial charge in [-0.25, -0.2) is 4.39 Å². The van der Waals surface area contributed by atoms with Crippen molar-refractivity contribution >= 4 is 17.3 Å². The molecule has 0 spiro atoms. The summed E-state index contributed by atoms with van der Waals surface area (Å²) in [6.07, 6.45) is 5.04. The molecule has 10 heteroatoms. The summed E-state index contributed by atoms with van der Waals surface area (Å²) in [6, 6.07) is 6.57. The quantitative estimate of drug-likeness (QED) is 0.459. The number of amides is 1. The molecule has 3 aliphatic rings. The van der Waals surface area contributed by atoms with Gasteiger partial charge in [0, 0.05) is 29.4 Å². The molecule has 3 aromatic rings. The zero-order chi connectivity index (χ0) is 24.6. The van der Waals surface area contributed by atoms with Crippen molar-refractivity contribution in [3.8, 4) is 22.8 Å². The summed E-state index contributed by atoms with van der Waals surface area (Å²) < 4.78 is 37.1. The Morgan fingerprint density at radius 2 is 2.17 bits per heavy atom. The van der Waals surface area contributed by atoms with Gasteiger partial charge in [-0.15, -0.1) is 0 Å². The molecule has 2 fully saturated rings. The summed E-state index contributed by atoms with van der Waals surface area (Å²) in [5, 5.41) is 6.39.